The molecule has 18 heavy (non-hydrogen) atoms. The molecule has 1 rings (SSSR count). The molecule has 8 heteroatoms. The second-order valence-corrected chi connectivity index (χ2v) is 5.48. The molecule has 0 aliphatic rings. The summed E-state index contributed by atoms with van der Waals surface area (Å²) in [4.78, 5) is 9.03. The topological polar surface area (TPSA) is 89.3 Å². The number of hydrogen-bond acceptors (Lipinski definition) is 4. The van der Waals surface area contributed by atoms with Crippen LogP contribution in [0.3, 0.4) is 0 Å². The first-order valence-electron chi connectivity index (χ1n) is 5.24. The first-order chi connectivity index (χ1) is 8.27. The molecule has 0 aliphatic carbocycles. The number of halogens is 1. The van der Waals surface area contributed by atoms with E-state index in [1.807, 2.05) is 0 Å². The van der Waals surface area contributed by atoms with Gasteiger partial charge in [0.2, 0.25) is 10.0 Å². The Hall–Kier alpha value is -1.54. The van der Waals surface area contributed by atoms with Crippen LogP contribution in [0.15, 0.2) is 23.1 Å². The number of sulfonamides is 1. The number of benzene rings is 1. The van der Waals surface area contributed by atoms with Crippen LogP contribution in [0.25, 0.3) is 0 Å². The maximum absolute atomic E-state index is 13.5. The number of hydrogen-bond donors (Lipinski definition) is 1. The van der Waals surface area contributed by atoms with Crippen LogP contribution in [0.1, 0.15) is 20.3 Å². The molecule has 1 unspecified atom stereocenters. The predicted octanol–water partition coefficient (Wildman–Crippen LogP) is 1.81. The van der Waals surface area contributed by atoms with Crippen molar-refractivity contribution in [1.82, 2.24) is 4.72 Å². The Labute approximate surface area is 104 Å². The van der Waals surface area contributed by atoms with E-state index in [2.05, 4.69) is 4.72 Å². The van der Waals surface area contributed by atoms with Gasteiger partial charge in [-0.05, 0) is 19.4 Å². The molecule has 0 heterocycles. The van der Waals surface area contributed by atoms with E-state index >= 15 is 0 Å². The molecule has 0 aliphatic heterocycles. The van der Waals surface area contributed by atoms with Crippen LogP contribution < -0.4 is 4.72 Å². The third kappa shape index (κ3) is 3.23. The molecule has 0 bridgehead atoms. The van der Waals surface area contributed by atoms with Crippen molar-refractivity contribution in [2.24, 2.45) is 0 Å². The summed E-state index contributed by atoms with van der Waals surface area (Å²) in [6.45, 7) is 3.42. The van der Waals surface area contributed by atoms with Crippen molar-refractivity contribution in [2.75, 3.05) is 0 Å². The molecule has 1 N–H and O–H groups in total. The lowest BCUT2D eigenvalue weighted by molar-refractivity contribution is -0.385. The van der Waals surface area contributed by atoms with E-state index in [1.54, 1.807) is 13.8 Å². The van der Waals surface area contributed by atoms with Crippen LogP contribution >= 0.6 is 0 Å². The number of nitro benzene ring substituents is 1. The van der Waals surface area contributed by atoms with Crippen molar-refractivity contribution in [3.05, 3.63) is 34.1 Å². The lowest BCUT2D eigenvalue weighted by Gasteiger charge is -2.12. The SMILES string of the molecule is CCC(C)NS(=O)(=O)c1ccc([N+](=O)[O-])cc1F. The lowest BCUT2D eigenvalue weighted by atomic mass is 10.3. The van der Waals surface area contributed by atoms with Gasteiger partial charge in [-0.3, -0.25) is 10.1 Å². The van der Waals surface area contributed by atoms with Crippen LogP contribution in [0.4, 0.5) is 10.1 Å². The van der Waals surface area contributed by atoms with Crippen molar-refractivity contribution in [3.63, 3.8) is 0 Å². The zero-order chi connectivity index (χ0) is 13.9. The van der Waals surface area contributed by atoms with Crippen molar-refractivity contribution in [2.45, 2.75) is 31.2 Å². The third-order valence-electron chi connectivity index (χ3n) is 2.38. The van der Waals surface area contributed by atoms with Crippen molar-refractivity contribution in [1.29, 1.82) is 0 Å². The van der Waals surface area contributed by atoms with E-state index in [4.69, 9.17) is 0 Å². The van der Waals surface area contributed by atoms with Gasteiger partial charge in [-0.1, -0.05) is 6.92 Å². The van der Waals surface area contributed by atoms with Gasteiger partial charge in [-0.25, -0.2) is 17.5 Å². The number of rotatable bonds is 5. The van der Waals surface area contributed by atoms with Gasteiger partial charge in [0.15, 0.2) is 0 Å². The number of nitrogens with zero attached hydrogens (tertiary/aromatic N) is 1. The Kier molecular flexibility index (Phi) is 4.36. The fraction of sp³-hybridized carbons (Fsp3) is 0.400. The Bertz CT molecular complexity index is 559. The summed E-state index contributed by atoms with van der Waals surface area (Å²) >= 11 is 0. The molecule has 100 valence electrons. The van der Waals surface area contributed by atoms with Crippen molar-refractivity contribution >= 4 is 15.7 Å². The van der Waals surface area contributed by atoms with Crippen LogP contribution in [0, 0.1) is 15.9 Å². The van der Waals surface area contributed by atoms with Gasteiger partial charge in [0, 0.05) is 12.1 Å². The minimum Gasteiger partial charge on any atom is -0.258 e. The molecular weight excluding hydrogens is 263 g/mol. The van der Waals surface area contributed by atoms with Gasteiger partial charge >= 0.3 is 0 Å². The van der Waals surface area contributed by atoms with Gasteiger partial charge in [-0.2, -0.15) is 0 Å². The molecule has 0 amide bonds. The quantitative estimate of drug-likeness (QED) is 0.656. The largest absolute Gasteiger partial charge is 0.272 e. The van der Waals surface area contributed by atoms with Crippen LogP contribution in [-0.2, 0) is 10.0 Å². The second-order valence-electron chi connectivity index (χ2n) is 3.80. The number of non-ortho nitro benzene ring substituents is 1. The molecule has 0 saturated carbocycles. The molecule has 0 saturated heterocycles. The molecule has 0 radical (unpaired) electrons. The third-order valence-corrected chi connectivity index (χ3v) is 4.01. The smallest absolute Gasteiger partial charge is 0.258 e. The Balaban J connectivity index is 3.14. The molecule has 1 aromatic carbocycles. The average Bonchev–Trinajstić information content (AvgIpc) is 2.27. The highest BCUT2D eigenvalue weighted by atomic mass is 32.2. The molecule has 1 aromatic rings. The maximum atomic E-state index is 13.5. The fourth-order valence-electron chi connectivity index (χ4n) is 1.23. The van der Waals surface area contributed by atoms with Gasteiger partial charge in [0.1, 0.15) is 10.7 Å². The molecule has 0 fully saturated rings. The Morgan fingerprint density at radius 2 is 2.11 bits per heavy atom. The Morgan fingerprint density at radius 3 is 2.56 bits per heavy atom. The maximum Gasteiger partial charge on any atom is 0.272 e. The summed E-state index contributed by atoms with van der Waals surface area (Å²) in [6.07, 6.45) is 0.549. The Morgan fingerprint density at radius 1 is 1.50 bits per heavy atom. The van der Waals surface area contributed by atoms with Gasteiger partial charge in [-0.15, -0.1) is 0 Å². The molecule has 1 atom stereocenters. The molecule has 6 nitrogen and oxygen atoms in total. The minimum atomic E-state index is -3.99. The minimum absolute atomic E-state index is 0.343. The second kappa shape index (κ2) is 5.40. The standard InChI is InChI=1S/C10H13FN2O4S/c1-3-7(2)12-18(16,17)10-5-4-8(13(14)15)6-9(10)11/h4-7,12H,3H2,1-2H3. The zero-order valence-electron chi connectivity index (χ0n) is 9.88. The highest BCUT2D eigenvalue weighted by Crippen LogP contribution is 2.20. The van der Waals surface area contributed by atoms with E-state index in [0.29, 0.717) is 12.5 Å². The molecular formula is C10H13FN2O4S. The summed E-state index contributed by atoms with van der Waals surface area (Å²) in [5, 5.41) is 10.4. The summed E-state index contributed by atoms with van der Waals surface area (Å²) < 4.78 is 39.4. The molecule has 0 spiro atoms. The lowest BCUT2D eigenvalue weighted by Crippen LogP contribution is -2.32. The van der Waals surface area contributed by atoms with Crippen molar-refractivity contribution in [3.8, 4) is 0 Å². The normalized spacial score (nSPS) is 13.3. The average molecular weight is 276 g/mol. The highest BCUT2D eigenvalue weighted by molar-refractivity contribution is 7.89. The van der Waals surface area contributed by atoms with Crippen molar-refractivity contribution < 1.29 is 17.7 Å². The number of nitro groups is 1. The van der Waals surface area contributed by atoms with E-state index in [1.165, 1.54) is 0 Å². The summed E-state index contributed by atoms with van der Waals surface area (Å²) in [5.41, 5.74) is -0.491. The van der Waals surface area contributed by atoms with E-state index in [9.17, 15) is 22.9 Å². The summed E-state index contributed by atoms with van der Waals surface area (Å²) in [7, 11) is -3.99. The van der Waals surface area contributed by atoms with Gasteiger partial charge in [0.25, 0.3) is 5.69 Å². The van der Waals surface area contributed by atoms with Gasteiger partial charge < -0.3 is 0 Å². The van der Waals surface area contributed by atoms with Crippen LogP contribution in [0.5, 0.6) is 0 Å². The van der Waals surface area contributed by atoms with E-state index in [0.717, 1.165) is 12.1 Å². The van der Waals surface area contributed by atoms with Gasteiger partial charge in [0.05, 0.1) is 11.0 Å². The summed E-state index contributed by atoms with van der Waals surface area (Å²) in [5.74, 6) is -1.14. The van der Waals surface area contributed by atoms with E-state index < -0.39 is 31.3 Å². The van der Waals surface area contributed by atoms with Crippen LogP contribution in [-0.4, -0.2) is 19.4 Å². The summed E-state index contributed by atoms with van der Waals surface area (Å²) in [6, 6.07) is 2.09. The fourth-order valence-corrected chi connectivity index (χ4v) is 2.62. The highest BCUT2D eigenvalue weighted by Gasteiger charge is 2.22. The van der Waals surface area contributed by atoms with E-state index in [-0.39, 0.29) is 6.04 Å². The van der Waals surface area contributed by atoms with Crippen LogP contribution in [0.2, 0.25) is 0 Å². The predicted molar refractivity (Wildman–Crippen MR) is 63.1 cm³/mol. The monoisotopic (exact) mass is 276 g/mol. The first kappa shape index (κ1) is 14.5. The zero-order valence-corrected chi connectivity index (χ0v) is 10.7. The molecule has 0 aromatic heterocycles. The number of nitrogens with one attached hydrogen (secondary N) is 1. The first-order valence-corrected chi connectivity index (χ1v) is 6.72.